The summed E-state index contributed by atoms with van der Waals surface area (Å²) >= 11 is 0. The molecule has 0 bridgehead atoms. The second-order valence-electron chi connectivity index (χ2n) is 8.95. The molecule has 2 N–H and O–H groups in total. The first-order valence-electron chi connectivity index (χ1n) is 11.0. The summed E-state index contributed by atoms with van der Waals surface area (Å²) < 4.78 is 12.8. The number of aryl methyl sites for hydroxylation is 1. The molecule has 0 saturated heterocycles. The van der Waals surface area contributed by atoms with E-state index in [9.17, 15) is 0 Å². The number of nitrogens with one attached hydrogen (secondary N) is 2. The van der Waals surface area contributed by atoms with Gasteiger partial charge >= 0.3 is 0 Å². The average Bonchev–Trinajstić information content (AvgIpc) is 3.41. The van der Waals surface area contributed by atoms with Gasteiger partial charge in [0.1, 0.15) is 24.8 Å². The van der Waals surface area contributed by atoms with Crippen molar-refractivity contribution in [2.45, 2.75) is 45.8 Å². The van der Waals surface area contributed by atoms with E-state index in [1.807, 2.05) is 30.6 Å². The van der Waals surface area contributed by atoms with Crippen molar-refractivity contribution in [3.63, 3.8) is 0 Å². The van der Waals surface area contributed by atoms with Crippen molar-refractivity contribution in [1.29, 1.82) is 0 Å². The molecule has 7 nitrogen and oxygen atoms in total. The average molecular weight is 437 g/mol. The number of hydrogen-bond acceptors (Lipinski definition) is 5. The molecular formula is C25H32N4O3. The van der Waals surface area contributed by atoms with E-state index in [1.54, 1.807) is 7.11 Å². The first-order chi connectivity index (χ1) is 15.4. The number of imidazole rings is 1. The largest absolute Gasteiger partial charge is 0.491 e. The van der Waals surface area contributed by atoms with Gasteiger partial charge in [-0.15, -0.1) is 0 Å². The smallest absolute Gasteiger partial charge is 0.135 e. The molecule has 0 aliphatic heterocycles. The second-order valence-corrected chi connectivity index (χ2v) is 8.95. The van der Waals surface area contributed by atoms with Crippen molar-refractivity contribution < 1.29 is 14.3 Å². The molecule has 1 aliphatic carbocycles. The molecule has 1 aromatic carbocycles. The Morgan fingerprint density at radius 1 is 1.09 bits per heavy atom. The van der Waals surface area contributed by atoms with E-state index in [1.165, 1.54) is 11.1 Å². The standard InChI is InChI=1S/C25H32N4O3/c1-25(2,3)29-12-11-20(16-29)28-32-17-24-26-22-10-7-19(15-23(22)27-24)18-5-8-21(9-6-18)31-14-13-30-4/h5-6,8-9,11-12,15-16,28H,7,10,13-14,17H2,1-4H3,(H,26,27). The van der Waals surface area contributed by atoms with E-state index in [-0.39, 0.29) is 5.54 Å². The van der Waals surface area contributed by atoms with Gasteiger partial charge < -0.3 is 19.0 Å². The molecule has 0 unspecified atom stereocenters. The zero-order valence-corrected chi connectivity index (χ0v) is 19.3. The number of allylic oxidation sites excluding steroid dienone is 1. The Balaban J connectivity index is 1.34. The molecule has 3 aromatic rings. The van der Waals surface area contributed by atoms with Crippen LogP contribution in [0, 0.1) is 0 Å². The number of H-pyrrole nitrogens is 1. The van der Waals surface area contributed by atoms with Crippen LogP contribution >= 0.6 is 0 Å². The Morgan fingerprint density at radius 2 is 1.91 bits per heavy atom. The molecule has 170 valence electrons. The summed E-state index contributed by atoms with van der Waals surface area (Å²) in [5.41, 5.74) is 8.60. The van der Waals surface area contributed by atoms with E-state index in [0.717, 1.165) is 41.5 Å². The minimum absolute atomic E-state index is 0.0431. The lowest BCUT2D eigenvalue weighted by Gasteiger charge is -2.20. The maximum absolute atomic E-state index is 5.67. The molecule has 1 aliphatic rings. The lowest BCUT2D eigenvalue weighted by molar-refractivity contribution is 0.146. The molecule has 32 heavy (non-hydrogen) atoms. The number of ether oxygens (including phenoxy) is 2. The van der Waals surface area contributed by atoms with Gasteiger partial charge in [0.05, 0.1) is 18.0 Å². The third-order valence-corrected chi connectivity index (χ3v) is 5.46. The minimum atomic E-state index is 0.0431. The molecule has 4 rings (SSSR count). The first kappa shape index (κ1) is 22.2. The summed E-state index contributed by atoms with van der Waals surface area (Å²) in [6.45, 7) is 8.00. The Morgan fingerprint density at radius 3 is 2.62 bits per heavy atom. The van der Waals surface area contributed by atoms with Gasteiger partial charge in [0.2, 0.25) is 0 Å². The molecule has 0 radical (unpaired) electrons. The Bertz CT molecular complexity index is 1060. The fourth-order valence-electron chi connectivity index (χ4n) is 3.65. The third-order valence-electron chi connectivity index (χ3n) is 5.46. The van der Waals surface area contributed by atoms with Gasteiger partial charge in [0, 0.05) is 30.7 Å². The predicted molar refractivity (Wildman–Crippen MR) is 126 cm³/mol. The van der Waals surface area contributed by atoms with Crippen molar-refractivity contribution in [2.24, 2.45) is 0 Å². The molecule has 0 spiro atoms. The van der Waals surface area contributed by atoms with Gasteiger partial charge in [-0.3, -0.25) is 10.3 Å². The summed E-state index contributed by atoms with van der Waals surface area (Å²) in [7, 11) is 1.67. The van der Waals surface area contributed by atoms with Crippen LogP contribution in [-0.4, -0.2) is 34.9 Å². The van der Waals surface area contributed by atoms with E-state index in [4.69, 9.17) is 19.3 Å². The number of hydrogen-bond donors (Lipinski definition) is 2. The zero-order valence-electron chi connectivity index (χ0n) is 19.3. The highest BCUT2D eigenvalue weighted by Gasteiger charge is 2.17. The molecular weight excluding hydrogens is 404 g/mol. The van der Waals surface area contributed by atoms with Crippen molar-refractivity contribution in [1.82, 2.24) is 14.5 Å². The van der Waals surface area contributed by atoms with Crippen LogP contribution in [0.2, 0.25) is 0 Å². The van der Waals surface area contributed by atoms with Crippen LogP contribution in [0.1, 0.15) is 50.0 Å². The van der Waals surface area contributed by atoms with Gasteiger partial charge in [0.25, 0.3) is 0 Å². The van der Waals surface area contributed by atoms with Gasteiger partial charge in [-0.25, -0.2) is 4.98 Å². The van der Waals surface area contributed by atoms with Crippen LogP contribution in [0.25, 0.3) is 11.6 Å². The highest BCUT2D eigenvalue weighted by molar-refractivity contribution is 5.83. The Kier molecular flexibility index (Phi) is 6.67. The number of aromatic nitrogens is 3. The quantitative estimate of drug-likeness (QED) is 0.364. The molecule has 0 amide bonds. The molecule has 2 aromatic heterocycles. The summed E-state index contributed by atoms with van der Waals surface area (Å²) in [5, 5.41) is 0. The van der Waals surface area contributed by atoms with Crippen molar-refractivity contribution in [2.75, 3.05) is 25.8 Å². The SMILES string of the molecule is COCCOc1ccc(C2=Cc3nc(CONc4ccn(C(C)(C)C)c4)[nH]c3CC2)cc1. The van der Waals surface area contributed by atoms with Crippen LogP contribution in [-0.2, 0) is 28.1 Å². The number of benzene rings is 1. The maximum Gasteiger partial charge on any atom is 0.135 e. The first-order valence-corrected chi connectivity index (χ1v) is 11.0. The number of anilines is 1. The van der Waals surface area contributed by atoms with Gasteiger partial charge in [-0.1, -0.05) is 12.1 Å². The minimum Gasteiger partial charge on any atom is -0.491 e. The predicted octanol–water partition coefficient (Wildman–Crippen LogP) is 5.02. The molecule has 7 heteroatoms. The topological polar surface area (TPSA) is 73.3 Å². The van der Waals surface area contributed by atoms with Crippen molar-refractivity contribution in [3.8, 4) is 5.75 Å². The Hall–Kier alpha value is -3.03. The summed E-state index contributed by atoms with van der Waals surface area (Å²) in [6.07, 6.45) is 8.15. The van der Waals surface area contributed by atoms with Crippen LogP contribution < -0.4 is 10.2 Å². The zero-order chi connectivity index (χ0) is 22.6. The number of fused-ring (bicyclic) bond motifs is 1. The van der Waals surface area contributed by atoms with E-state index >= 15 is 0 Å². The lowest BCUT2D eigenvalue weighted by Crippen LogP contribution is -2.19. The number of aromatic amines is 1. The number of methoxy groups -OCH3 is 1. The van der Waals surface area contributed by atoms with Crippen molar-refractivity contribution >= 4 is 17.3 Å². The van der Waals surface area contributed by atoms with E-state index < -0.39 is 0 Å². The summed E-state index contributed by atoms with van der Waals surface area (Å²) in [5.74, 6) is 1.67. The van der Waals surface area contributed by atoms with Crippen LogP contribution in [0.5, 0.6) is 5.75 Å². The molecule has 0 fully saturated rings. The highest BCUT2D eigenvalue weighted by Crippen LogP contribution is 2.30. The lowest BCUT2D eigenvalue weighted by atomic mass is 9.94. The highest BCUT2D eigenvalue weighted by atomic mass is 16.6. The maximum atomic E-state index is 5.67. The molecule has 0 atom stereocenters. The number of nitrogens with zero attached hydrogens (tertiary/aromatic N) is 2. The normalized spacial score (nSPS) is 13.6. The Labute approximate surface area is 189 Å². The monoisotopic (exact) mass is 436 g/mol. The van der Waals surface area contributed by atoms with Gasteiger partial charge in [0.15, 0.2) is 0 Å². The summed E-state index contributed by atoms with van der Waals surface area (Å²) in [4.78, 5) is 13.8. The van der Waals surface area contributed by atoms with Crippen LogP contribution in [0.4, 0.5) is 5.69 Å². The summed E-state index contributed by atoms with van der Waals surface area (Å²) in [6, 6.07) is 10.2. The molecule has 0 saturated carbocycles. The molecule has 2 heterocycles. The van der Waals surface area contributed by atoms with Crippen LogP contribution in [0.3, 0.4) is 0 Å². The fraction of sp³-hybridized carbons (Fsp3) is 0.400. The van der Waals surface area contributed by atoms with Crippen molar-refractivity contribution in [3.05, 3.63) is 65.5 Å². The van der Waals surface area contributed by atoms with Crippen LogP contribution in [0.15, 0.2) is 42.7 Å². The fourth-order valence-corrected chi connectivity index (χ4v) is 3.65. The number of rotatable bonds is 9. The van der Waals surface area contributed by atoms with E-state index in [2.05, 4.69) is 54.0 Å². The van der Waals surface area contributed by atoms with Gasteiger partial charge in [-0.2, -0.15) is 0 Å². The van der Waals surface area contributed by atoms with E-state index in [0.29, 0.717) is 19.8 Å². The van der Waals surface area contributed by atoms with Gasteiger partial charge in [-0.05, 0) is 69.0 Å². The second kappa shape index (κ2) is 9.63. The third kappa shape index (κ3) is 5.41.